The fourth-order valence-corrected chi connectivity index (χ4v) is 2.23. The molecule has 3 rings (SSSR count). The maximum absolute atomic E-state index is 12.0. The Morgan fingerprint density at radius 2 is 1.70 bits per heavy atom. The highest BCUT2D eigenvalue weighted by Crippen LogP contribution is 2.27. The van der Waals surface area contributed by atoms with Crippen LogP contribution in [0.4, 0.5) is 5.69 Å². The second-order valence-corrected chi connectivity index (χ2v) is 5.32. The van der Waals surface area contributed by atoms with Crippen molar-refractivity contribution in [3.05, 3.63) is 66.9 Å². The van der Waals surface area contributed by atoms with Crippen LogP contribution in [0.3, 0.4) is 0 Å². The van der Waals surface area contributed by atoms with Crippen LogP contribution in [0.1, 0.15) is 6.92 Å². The number of para-hydroxylation sites is 1. The van der Waals surface area contributed by atoms with Crippen LogP contribution >= 0.6 is 0 Å². The van der Waals surface area contributed by atoms with Gasteiger partial charge in [-0.2, -0.15) is 5.10 Å². The predicted molar refractivity (Wildman–Crippen MR) is 91.3 cm³/mol. The molecule has 0 bridgehead atoms. The van der Waals surface area contributed by atoms with Crippen LogP contribution in [0.5, 0.6) is 0 Å². The average Bonchev–Trinajstić information content (AvgIpc) is 3.00. The molecule has 1 atom stereocenters. The molecule has 0 unspecified atom stereocenters. The van der Waals surface area contributed by atoms with Gasteiger partial charge in [-0.05, 0) is 19.1 Å². The number of benzene rings is 2. The van der Waals surface area contributed by atoms with E-state index in [1.807, 2.05) is 60.7 Å². The van der Waals surface area contributed by atoms with E-state index in [4.69, 9.17) is 5.73 Å². The first-order chi connectivity index (χ1) is 11.1. The van der Waals surface area contributed by atoms with Crippen molar-refractivity contribution in [3.8, 4) is 16.9 Å². The largest absolute Gasteiger partial charge is 0.322 e. The van der Waals surface area contributed by atoms with Gasteiger partial charge in [0.25, 0.3) is 0 Å². The number of hydrogen-bond donors (Lipinski definition) is 2. The minimum Gasteiger partial charge on any atom is -0.322 e. The number of anilines is 1. The Morgan fingerprint density at radius 1 is 1.09 bits per heavy atom. The topological polar surface area (TPSA) is 72.9 Å². The van der Waals surface area contributed by atoms with Crippen LogP contribution in [-0.4, -0.2) is 21.7 Å². The molecule has 3 N–H and O–H groups in total. The van der Waals surface area contributed by atoms with Crippen LogP contribution in [-0.2, 0) is 4.79 Å². The van der Waals surface area contributed by atoms with Gasteiger partial charge in [0.05, 0.1) is 23.6 Å². The molecular weight excluding hydrogens is 288 g/mol. The van der Waals surface area contributed by atoms with E-state index >= 15 is 0 Å². The van der Waals surface area contributed by atoms with Gasteiger partial charge in [0.2, 0.25) is 5.91 Å². The van der Waals surface area contributed by atoms with Crippen LogP contribution in [0.2, 0.25) is 0 Å². The Balaban J connectivity index is 2.05. The first-order valence-electron chi connectivity index (χ1n) is 7.42. The lowest BCUT2D eigenvalue weighted by atomic mass is 10.1. The molecule has 3 aromatic rings. The molecule has 0 aliphatic rings. The van der Waals surface area contributed by atoms with E-state index in [0.29, 0.717) is 11.4 Å². The fourth-order valence-electron chi connectivity index (χ4n) is 2.23. The standard InChI is InChI=1S/C18H18N4O/c1-13(19)18(23)20-16-12-22(15-10-6-3-7-11-15)21-17(16)14-8-4-2-5-9-14/h2-13H,19H2,1H3,(H,20,23)/t13-/m0/s1. The second-order valence-electron chi connectivity index (χ2n) is 5.32. The summed E-state index contributed by atoms with van der Waals surface area (Å²) in [6.07, 6.45) is 1.80. The number of nitrogens with zero attached hydrogens (tertiary/aromatic N) is 2. The Kier molecular flexibility index (Phi) is 4.21. The molecule has 0 radical (unpaired) electrons. The number of hydrogen-bond acceptors (Lipinski definition) is 3. The zero-order valence-corrected chi connectivity index (χ0v) is 12.8. The molecule has 0 spiro atoms. The number of rotatable bonds is 4. The van der Waals surface area contributed by atoms with E-state index in [1.165, 1.54) is 0 Å². The van der Waals surface area contributed by atoms with Gasteiger partial charge in [-0.15, -0.1) is 0 Å². The molecule has 2 aromatic carbocycles. The first kappa shape index (κ1) is 15.0. The minimum absolute atomic E-state index is 0.241. The van der Waals surface area contributed by atoms with E-state index in [2.05, 4.69) is 10.4 Å². The quantitative estimate of drug-likeness (QED) is 0.778. The van der Waals surface area contributed by atoms with Gasteiger partial charge >= 0.3 is 0 Å². The average molecular weight is 306 g/mol. The Morgan fingerprint density at radius 3 is 2.30 bits per heavy atom. The summed E-state index contributed by atoms with van der Waals surface area (Å²) in [6.45, 7) is 1.65. The van der Waals surface area contributed by atoms with E-state index in [0.717, 1.165) is 11.3 Å². The summed E-state index contributed by atoms with van der Waals surface area (Å²) in [5, 5.41) is 7.48. The molecule has 116 valence electrons. The van der Waals surface area contributed by atoms with Gasteiger partial charge in [-0.1, -0.05) is 48.5 Å². The Hall–Kier alpha value is -2.92. The fraction of sp³-hybridized carbons (Fsp3) is 0.111. The van der Waals surface area contributed by atoms with Crippen LogP contribution < -0.4 is 11.1 Å². The number of nitrogens with two attached hydrogens (primary N) is 1. The first-order valence-corrected chi connectivity index (χ1v) is 7.42. The van der Waals surface area contributed by atoms with Crippen LogP contribution in [0, 0.1) is 0 Å². The number of amides is 1. The van der Waals surface area contributed by atoms with Crippen molar-refractivity contribution in [3.63, 3.8) is 0 Å². The van der Waals surface area contributed by atoms with Crippen LogP contribution in [0.25, 0.3) is 16.9 Å². The summed E-state index contributed by atoms with van der Waals surface area (Å²) in [5.74, 6) is -0.241. The summed E-state index contributed by atoms with van der Waals surface area (Å²) in [6, 6.07) is 18.9. The molecule has 5 nitrogen and oxygen atoms in total. The van der Waals surface area contributed by atoms with Crippen molar-refractivity contribution >= 4 is 11.6 Å². The molecule has 0 fully saturated rings. The molecule has 1 aromatic heterocycles. The van der Waals surface area contributed by atoms with Crippen molar-refractivity contribution in [1.29, 1.82) is 0 Å². The highest BCUT2D eigenvalue weighted by atomic mass is 16.2. The van der Waals surface area contributed by atoms with Gasteiger partial charge in [0, 0.05) is 5.56 Å². The molecule has 0 saturated heterocycles. The maximum atomic E-state index is 12.0. The summed E-state index contributed by atoms with van der Waals surface area (Å²) >= 11 is 0. The molecule has 0 aliphatic heterocycles. The lowest BCUT2D eigenvalue weighted by Crippen LogP contribution is -2.32. The van der Waals surface area contributed by atoms with Gasteiger partial charge in [-0.3, -0.25) is 4.79 Å². The van der Waals surface area contributed by atoms with E-state index in [-0.39, 0.29) is 5.91 Å². The van der Waals surface area contributed by atoms with Gasteiger partial charge in [0.1, 0.15) is 5.69 Å². The molecule has 0 saturated carbocycles. The zero-order valence-electron chi connectivity index (χ0n) is 12.8. The highest BCUT2D eigenvalue weighted by Gasteiger charge is 2.16. The van der Waals surface area contributed by atoms with Gasteiger partial charge < -0.3 is 11.1 Å². The van der Waals surface area contributed by atoms with Crippen molar-refractivity contribution in [2.75, 3.05) is 5.32 Å². The van der Waals surface area contributed by atoms with Crippen molar-refractivity contribution in [1.82, 2.24) is 9.78 Å². The Bertz CT molecular complexity index is 794. The number of aromatic nitrogens is 2. The van der Waals surface area contributed by atoms with Crippen molar-refractivity contribution in [2.24, 2.45) is 5.73 Å². The van der Waals surface area contributed by atoms with Crippen molar-refractivity contribution < 1.29 is 4.79 Å². The molecular formula is C18H18N4O. The minimum atomic E-state index is -0.585. The summed E-state index contributed by atoms with van der Waals surface area (Å²) in [4.78, 5) is 12.0. The Labute approximate surface area is 134 Å². The monoisotopic (exact) mass is 306 g/mol. The smallest absolute Gasteiger partial charge is 0.241 e. The van der Waals surface area contributed by atoms with Gasteiger partial charge in [-0.25, -0.2) is 4.68 Å². The predicted octanol–water partition coefficient (Wildman–Crippen LogP) is 2.83. The van der Waals surface area contributed by atoms with Crippen molar-refractivity contribution in [2.45, 2.75) is 13.0 Å². The van der Waals surface area contributed by atoms with Crippen LogP contribution in [0.15, 0.2) is 66.9 Å². The third kappa shape index (κ3) is 3.30. The van der Waals surface area contributed by atoms with E-state index in [1.54, 1.807) is 17.8 Å². The maximum Gasteiger partial charge on any atom is 0.241 e. The van der Waals surface area contributed by atoms with E-state index in [9.17, 15) is 4.79 Å². The summed E-state index contributed by atoms with van der Waals surface area (Å²) in [7, 11) is 0. The zero-order chi connectivity index (χ0) is 16.2. The highest BCUT2D eigenvalue weighted by molar-refractivity contribution is 5.97. The summed E-state index contributed by atoms with van der Waals surface area (Å²) in [5.41, 5.74) is 8.86. The molecule has 5 heteroatoms. The number of nitrogens with one attached hydrogen (secondary N) is 1. The molecule has 23 heavy (non-hydrogen) atoms. The molecule has 1 heterocycles. The SMILES string of the molecule is C[C@H](N)C(=O)Nc1cn(-c2ccccc2)nc1-c1ccccc1. The lowest BCUT2D eigenvalue weighted by molar-refractivity contribution is -0.117. The third-order valence-corrected chi connectivity index (χ3v) is 3.45. The molecule has 0 aliphatic carbocycles. The second kappa shape index (κ2) is 6.46. The number of carbonyl (C=O) groups excluding carboxylic acids is 1. The van der Waals surface area contributed by atoms with Gasteiger partial charge in [0.15, 0.2) is 0 Å². The van der Waals surface area contributed by atoms with E-state index < -0.39 is 6.04 Å². The normalized spacial score (nSPS) is 11.9. The number of carbonyl (C=O) groups is 1. The lowest BCUT2D eigenvalue weighted by Gasteiger charge is -2.07. The third-order valence-electron chi connectivity index (χ3n) is 3.45. The molecule has 1 amide bonds. The summed E-state index contributed by atoms with van der Waals surface area (Å²) < 4.78 is 1.75.